The SMILES string of the molecule is CCCCCC(C)NC(=O)c1occc1C. The Morgan fingerprint density at radius 1 is 1.50 bits per heavy atom. The van der Waals surface area contributed by atoms with Gasteiger partial charge in [0.05, 0.1) is 6.26 Å². The summed E-state index contributed by atoms with van der Waals surface area (Å²) in [4.78, 5) is 11.8. The quantitative estimate of drug-likeness (QED) is 0.752. The van der Waals surface area contributed by atoms with Crippen molar-refractivity contribution in [2.24, 2.45) is 0 Å². The molecule has 0 aliphatic heterocycles. The van der Waals surface area contributed by atoms with Gasteiger partial charge in [-0.05, 0) is 26.3 Å². The van der Waals surface area contributed by atoms with Crippen molar-refractivity contribution in [2.45, 2.75) is 52.5 Å². The first-order chi connectivity index (χ1) is 7.65. The van der Waals surface area contributed by atoms with Crippen LogP contribution in [0.4, 0.5) is 0 Å². The summed E-state index contributed by atoms with van der Waals surface area (Å²) in [6, 6.07) is 2.01. The molecule has 0 saturated carbocycles. The van der Waals surface area contributed by atoms with E-state index in [0.717, 1.165) is 18.4 Å². The normalized spacial score (nSPS) is 12.4. The molecule has 0 aliphatic rings. The average molecular weight is 223 g/mol. The summed E-state index contributed by atoms with van der Waals surface area (Å²) in [7, 11) is 0. The fourth-order valence-electron chi connectivity index (χ4n) is 1.67. The van der Waals surface area contributed by atoms with E-state index in [4.69, 9.17) is 4.42 Å². The van der Waals surface area contributed by atoms with Gasteiger partial charge in [-0.2, -0.15) is 0 Å². The van der Waals surface area contributed by atoms with E-state index < -0.39 is 0 Å². The van der Waals surface area contributed by atoms with E-state index in [2.05, 4.69) is 12.2 Å². The molecule has 1 unspecified atom stereocenters. The molecule has 1 heterocycles. The Morgan fingerprint density at radius 3 is 2.81 bits per heavy atom. The van der Waals surface area contributed by atoms with Crippen LogP contribution in [0.1, 0.15) is 55.6 Å². The van der Waals surface area contributed by atoms with E-state index >= 15 is 0 Å². The smallest absolute Gasteiger partial charge is 0.287 e. The largest absolute Gasteiger partial charge is 0.459 e. The maximum Gasteiger partial charge on any atom is 0.287 e. The van der Waals surface area contributed by atoms with Gasteiger partial charge in [-0.15, -0.1) is 0 Å². The Hall–Kier alpha value is -1.25. The number of carbonyl (C=O) groups is 1. The van der Waals surface area contributed by atoms with E-state index in [-0.39, 0.29) is 11.9 Å². The molecule has 16 heavy (non-hydrogen) atoms. The van der Waals surface area contributed by atoms with Crippen molar-refractivity contribution in [1.29, 1.82) is 0 Å². The van der Waals surface area contributed by atoms with Crippen molar-refractivity contribution in [3.63, 3.8) is 0 Å². The number of hydrogen-bond acceptors (Lipinski definition) is 2. The third-order valence-electron chi connectivity index (χ3n) is 2.69. The van der Waals surface area contributed by atoms with Crippen LogP contribution in [0.5, 0.6) is 0 Å². The zero-order chi connectivity index (χ0) is 12.0. The van der Waals surface area contributed by atoms with Crippen LogP contribution in [-0.4, -0.2) is 11.9 Å². The Morgan fingerprint density at radius 2 is 2.25 bits per heavy atom. The summed E-state index contributed by atoms with van der Waals surface area (Å²) in [6.45, 7) is 6.08. The summed E-state index contributed by atoms with van der Waals surface area (Å²) in [5, 5.41) is 2.95. The highest BCUT2D eigenvalue weighted by Crippen LogP contribution is 2.09. The van der Waals surface area contributed by atoms with Crippen molar-refractivity contribution < 1.29 is 9.21 Å². The predicted molar refractivity (Wildman–Crippen MR) is 64.5 cm³/mol. The summed E-state index contributed by atoms with van der Waals surface area (Å²) in [5.74, 6) is 0.328. The molecule has 1 N–H and O–H groups in total. The van der Waals surface area contributed by atoms with Gasteiger partial charge in [0, 0.05) is 11.6 Å². The molecule has 0 bridgehead atoms. The molecule has 3 heteroatoms. The first kappa shape index (κ1) is 12.8. The van der Waals surface area contributed by atoms with Crippen molar-refractivity contribution in [3.8, 4) is 0 Å². The lowest BCUT2D eigenvalue weighted by molar-refractivity contribution is 0.0909. The minimum absolute atomic E-state index is 0.105. The molecule has 90 valence electrons. The Labute approximate surface area is 97.2 Å². The molecule has 1 amide bonds. The fourth-order valence-corrected chi connectivity index (χ4v) is 1.67. The molecule has 0 aliphatic carbocycles. The van der Waals surface area contributed by atoms with Crippen LogP contribution in [0.15, 0.2) is 16.7 Å². The maximum atomic E-state index is 11.8. The molecule has 0 radical (unpaired) electrons. The van der Waals surface area contributed by atoms with Crippen LogP contribution in [-0.2, 0) is 0 Å². The number of amides is 1. The van der Waals surface area contributed by atoms with E-state index in [1.807, 2.05) is 13.8 Å². The van der Waals surface area contributed by atoms with E-state index in [1.54, 1.807) is 12.3 Å². The third-order valence-corrected chi connectivity index (χ3v) is 2.69. The van der Waals surface area contributed by atoms with E-state index in [0.29, 0.717) is 5.76 Å². The molecule has 1 aromatic rings. The van der Waals surface area contributed by atoms with Crippen molar-refractivity contribution in [1.82, 2.24) is 5.32 Å². The van der Waals surface area contributed by atoms with Crippen LogP contribution in [0, 0.1) is 6.92 Å². The zero-order valence-electron chi connectivity index (χ0n) is 10.4. The van der Waals surface area contributed by atoms with Gasteiger partial charge in [-0.3, -0.25) is 4.79 Å². The minimum Gasteiger partial charge on any atom is -0.459 e. The van der Waals surface area contributed by atoms with Crippen molar-refractivity contribution >= 4 is 5.91 Å². The monoisotopic (exact) mass is 223 g/mol. The lowest BCUT2D eigenvalue weighted by Crippen LogP contribution is -2.32. The van der Waals surface area contributed by atoms with E-state index in [1.165, 1.54) is 12.8 Å². The lowest BCUT2D eigenvalue weighted by atomic mass is 10.1. The minimum atomic E-state index is -0.105. The van der Waals surface area contributed by atoms with Crippen LogP contribution >= 0.6 is 0 Å². The average Bonchev–Trinajstić information content (AvgIpc) is 2.65. The lowest BCUT2D eigenvalue weighted by Gasteiger charge is -2.12. The zero-order valence-corrected chi connectivity index (χ0v) is 10.4. The van der Waals surface area contributed by atoms with Gasteiger partial charge in [-0.1, -0.05) is 26.2 Å². The van der Waals surface area contributed by atoms with E-state index in [9.17, 15) is 4.79 Å². The van der Waals surface area contributed by atoms with Crippen LogP contribution in [0.2, 0.25) is 0 Å². The topological polar surface area (TPSA) is 42.2 Å². The highest BCUT2D eigenvalue weighted by atomic mass is 16.3. The van der Waals surface area contributed by atoms with Crippen LogP contribution in [0.25, 0.3) is 0 Å². The molecule has 1 aromatic heterocycles. The Bertz CT molecular complexity index is 330. The van der Waals surface area contributed by atoms with Crippen LogP contribution < -0.4 is 5.32 Å². The fraction of sp³-hybridized carbons (Fsp3) is 0.615. The number of rotatable bonds is 6. The molecule has 0 saturated heterocycles. The second-order valence-electron chi connectivity index (χ2n) is 4.30. The van der Waals surface area contributed by atoms with Gasteiger partial charge in [0.2, 0.25) is 0 Å². The van der Waals surface area contributed by atoms with Gasteiger partial charge < -0.3 is 9.73 Å². The molecule has 1 atom stereocenters. The standard InChI is InChI=1S/C13H21NO2/c1-4-5-6-7-11(3)14-13(15)12-10(2)8-9-16-12/h8-9,11H,4-7H2,1-3H3,(H,14,15). The number of unbranched alkanes of at least 4 members (excludes halogenated alkanes) is 2. The van der Waals surface area contributed by atoms with Gasteiger partial charge in [-0.25, -0.2) is 0 Å². The second kappa shape index (κ2) is 6.36. The Balaban J connectivity index is 2.37. The van der Waals surface area contributed by atoms with Crippen molar-refractivity contribution in [2.75, 3.05) is 0 Å². The molecule has 1 rings (SSSR count). The highest BCUT2D eigenvalue weighted by molar-refractivity contribution is 5.92. The molecular weight excluding hydrogens is 202 g/mol. The third kappa shape index (κ3) is 3.72. The highest BCUT2D eigenvalue weighted by Gasteiger charge is 2.14. The van der Waals surface area contributed by atoms with Gasteiger partial charge >= 0.3 is 0 Å². The maximum absolute atomic E-state index is 11.8. The van der Waals surface area contributed by atoms with Gasteiger partial charge in [0.1, 0.15) is 0 Å². The number of aryl methyl sites for hydroxylation is 1. The van der Waals surface area contributed by atoms with Gasteiger partial charge in [0.25, 0.3) is 5.91 Å². The first-order valence-corrected chi connectivity index (χ1v) is 6.00. The molecule has 0 aromatic carbocycles. The number of furan rings is 1. The molecular formula is C13H21NO2. The summed E-state index contributed by atoms with van der Waals surface area (Å²) < 4.78 is 5.14. The van der Waals surface area contributed by atoms with Gasteiger partial charge in [0.15, 0.2) is 5.76 Å². The summed E-state index contributed by atoms with van der Waals surface area (Å²) in [6.07, 6.45) is 6.17. The number of carbonyl (C=O) groups excluding carboxylic acids is 1. The number of hydrogen-bond donors (Lipinski definition) is 1. The number of nitrogens with one attached hydrogen (secondary N) is 1. The molecule has 0 spiro atoms. The Kier molecular flexibility index (Phi) is 5.09. The van der Waals surface area contributed by atoms with Crippen LogP contribution in [0.3, 0.4) is 0 Å². The molecule has 0 fully saturated rings. The second-order valence-corrected chi connectivity index (χ2v) is 4.30. The van der Waals surface area contributed by atoms with Crippen molar-refractivity contribution in [3.05, 3.63) is 23.7 Å². The first-order valence-electron chi connectivity index (χ1n) is 6.00. The molecule has 3 nitrogen and oxygen atoms in total. The summed E-state index contributed by atoms with van der Waals surface area (Å²) in [5.41, 5.74) is 0.887. The predicted octanol–water partition coefficient (Wildman–Crippen LogP) is 3.29. The summed E-state index contributed by atoms with van der Waals surface area (Å²) >= 11 is 0.